The van der Waals surface area contributed by atoms with E-state index in [0.29, 0.717) is 18.8 Å². The molecule has 6 heteroatoms. The highest BCUT2D eigenvalue weighted by Gasteiger charge is 2.18. The molecule has 0 spiro atoms. The molecule has 0 aromatic rings. The molecule has 1 atom stereocenters. The van der Waals surface area contributed by atoms with Crippen LogP contribution >= 0.6 is 11.8 Å². The van der Waals surface area contributed by atoms with E-state index >= 15 is 0 Å². The molecule has 4 nitrogen and oxygen atoms in total. The lowest BCUT2D eigenvalue weighted by Gasteiger charge is -2.12. The van der Waals surface area contributed by atoms with E-state index in [2.05, 4.69) is 0 Å². The van der Waals surface area contributed by atoms with Crippen LogP contribution in [0.2, 0.25) is 0 Å². The van der Waals surface area contributed by atoms with Gasteiger partial charge in [-0.1, -0.05) is 6.92 Å². The van der Waals surface area contributed by atoms with Crippen LogP contribution in [0, 0.1) is 0 Å². The van der Waals surface area contributed by atoms with Crippen LogP contribution in [0.4, 0.5) is 0 Å². The maximum Gasteiger partial charge on any atom is 0.319 e. The third-order valence-corrected chi connectivity index (χ3v) is 4.27. The zero-order valence-electron chi connectivity index (χ0n) is 9.36. The quantitative estimate of drug-likeness (QED) is 0.637. The van der Waals surface area contributed by atoms with E-state index in [-0.39, 0.29) is 17.0 Å². The second-order valence-electron chi connectivity index (χ2n) is 3.15. The number of hydrogen-bond acceptors (Lipinski definition) is 5. The van der Waals surface area contributed by atoms with Gasteiger partial charge in [0.05, 0.1) is 12.4 Å². The van der Waals surface area contributed by atoms with Crippen molar-refractivity contribution in [1.82, 2.24) is 0 Å². The molecule has 0 bridgehead atoms. The summed E-state index contributed by atoms with van der Waals surface area (Å²) in [5, 5.41) is -0.244. The molecule has 0 aromatic heterocycles. The molecule has 0 aromatic carbocycles. The molecule has 0 saturated carbocycles. The predicted octanol–water partition coefficient (Wildman–Crippen LogP) is 1.11. The van der Waals surface area contributed by atoms with Crippen LogP contribution in [0.3, 0.4) is 0 Å². The van der Waals surface area contributed by atoms with Crippen LogP contribution in [0.15, 0.2) is 0 Å². The van der Waals surface area contributed by atoms with E-state index in [9.17, 15) is 13.2 Å². The normalized spacial score (nSPS) is 13.5. The minimum absolute atomic E-state index is 0.105. The number of hydrogen-bond donors (Lipinski definition) is 0. The van der Waals surface area contributed by atoms with Crippen molar-refractivity contribution in [3.05, 3.63) is 0 Å². The molecule has 0 heterocycles. The zero-order valence-corrected chi connectivity index (χ0v) is 11.0. The number of ether oxygens (including phenoxy) is 1. The summed E-state index contributed by atoms with van der Waals surface area (Å²) in [5.41, 5.74) is 0. The first kappa shape index (κ1) is 14.8. The molecular formula is C9H18O4S2. The third kappa shape index (κ3) is 7.67. The molecule has 0 rings (SSSR count). The van der Waals surface area contributed by atoms with E-state index in [4.69, 9.17) is 4.74 Å². The van der Waals surface area contributed by atoms with Gasteiger partial charge in [-0.15, -0.1) is 11.8 Å². The molecule has 0 N–H and O–H groups in total. The van der Waals surface area contributed by atoms with Crippen molar-refractivity contribution in [2.75, 3.05) is 24.4 Å². The van der Waals surface area contributed by atoms with Crippen molar-refractivity contribution in [3.63, 3.8) is 0 Å². The van der Waals surface area contributed by atoms with Gasteiger partial charge < -0.3 is 4.74 Å². The highest BCUT2D eigenvalue weighted by atomic mass is 32.2. The zero-order chi connectivity index (χ0) is 11.9. The van der Waals surface area contributed by atoms with Gasteiger partial charge in [0.1, 0.15) is 15.1 Å². The van der Waals surface area contributed by atoms with Gasteiger partial charge in [-0.2, -0.15) is 0 Å². The molecule has 1 unspecified atom stereocenters. The van der Waals surface area contributed by atoms with Gasteiger partial charge in [0.25, 0.3) is 0 Å². The van der Waals surface area contributed by atoms with Gasteiger partial charge in [0.15, 0.2) is 0 Å². The first-order chi connectivity index (χ1) is 6.90. The third-order valence-electron chi connectivity index (χ3n) is 1.69. The fraction of sp³-hybridized carbons (Fsp3) is 0.889. The van der Waals surface area contributed by atoms with E-state index in [1.165, 1.54) is 18.0 Å². The Labute approximate surface area is 95.7 Å². The van der Waals surface area contributed by atoms with Crippen molar-refractivity contribution in [1.29, 1.82) is 0 Å². The van der Waals surface area contributed by atoms with Crippen LogP contribution in [-0.2, 0) is 19.4 Å². The summed E-state index contributed by atoms with van der Waals surface area (Å²) in [6.07, 6.45) is 1.85. The second kappa shape index (κ2) is 7.11. The number of sulfone groups is 1. The molecule has 0 aliphatic rings. The molecule has 90 valence electrons. The van der Waals surface area contributed by atoms with Crippen LogP contribution in [0.1, 0.15) is 20.3 Å². The van der Waals surface area contributed by atoms with Crippen molar-refractivity contribution >= 4 is 27.6 Å². The van der Waals surface area contributed by atoms with Crippen LogP contribution in [-0.4, -0.2) is 44.0 Å². The lowest BCUT2D eigenvalue weighted by molar-refractivity contribution is -0.142. The fourth-order valence-corrected chi connectivity index (χ4v) is 3.25. The molecular weight excluding hydrogens is 236 g/mol. The molecule has 0 aliphatic heterocycles. The Balaban J connectivity index is 3.95. The predicted molar refractivity (Wildman–Crippen MR) is 62.9 cm³/mol. The Bertz CT molecular complexity index is 284. The largest absolute Gasteiger partial charge is 0.465 e. The first-order valence-electron chi connectivity index (χ1n) is 4.86. The summed E-state index contributed by atoms with van der Waals surface area (Å²) in [5.74, 6) is 0.294. The number of rotatable bonds is 7. The number of esters is 1. The lowest BCUT2D eigenvalue weighted by atomic mass is 10.3. The smallest absolute Gasteiger partial charge is 0.319 e. The van der Waals surface area contributed by atoms with Crippen molar-refractivity contribution in [2.45, 2.75) is 25.5 Å². The number of carbonyl (C=O) groups excluding carboxylic acids is 1. The van der Waals surface area contributed by atoms with Crippen LogP contribution < -0.4 is 0 Å². The Morgan fingerprint density at radius 2 is 2.00 bits per heavy atom. The number of carbonyl (C=O) groups is 1. The standard InChI is InChI=1S/C9H18O4S2/c1-4-8(9(10)13-5-2)14-6-7-15(3,11)12/h8H,4-7H2,1-3H3. The number of thioether (sulfide) groups is 1. The molecule has 0 amide bonds. The van der Waals surface area contributed by atoms with Crippen molar-refractivity contribution in [3.8, 4) is 0 Å². The summed E-state index contributed by atoms with van der Waals surface area (Å²) in [4.78, 5) is 11.3. The molecule has 0 aliphatic carbocycles. The summed E-state index contributed by atoms with van der Waals surface area (Å²) >= 11 is 1.34. The van der Waals surface area contributed by atoms with Crippen molar-refractivity contribution in [2.24, 2.45) is 0 Å². The van der Waals surface area contributed by atoms with Gasteiger partial charge in [0.2, 0.25) is 0 Å². The van der Waals surface area contributed by atoms with Crippen LogP contribution in [0.5, 0.6) is 0 Å². The van der Waals surface area contributed by atoms with E-state index in [1.54, 1.807) is 6.92 Å². The average Bonchev–Trinajstić information content (AvgIpc) is 2.11. The maximum absolute atomic E-state index is 11.3. The van der Waals surface area contributed by atoms with Gasteiger partial charge in [0, 0.05) is 12.0 Å². The van der Waals surface area contributed by atoms with E-state index < -0.39 is 9.84 Å². The summed E-state index contributed by atoms with van der Waals surface area (Å²) in [6, 6.07) is 0. The van der Waals surface area contributed by atoms with Crippen molar-refractivity contribution < 1.29 is 17.9 Å². The summed E-state index contributed by atoms with van der Waals surface area (Å²) < 4.78 is 26.6. The lowest BCUT2D eigenvalue weighted by Crippen LogP contribution is -2.21. The molecule has 0 saturated heterocycles. The molecule has 0 fully saturated rings. The van der Waals surface area contributed by atoms with Gasteiger partial charge >= 0.3 is 5.97 Å². The van der Waals surface area contributed by atoms with E-state index in [0.717, 1.165) is 0 Å². The Hall–Kier alpha value is -0.230. The molecule has 15 heavy (non-hydrogen) atoms. The maximum atomic E-state index is 11.3. The van der Waals surface area contributed by atoms with E-state index in [1.807, 2.05) is 6.92 Å². The average molecular weight is 254 g/mol. The highest BCUT2D eigenvalue weighted by Crippen LogP contribution is 2.16. The minimum Gasteiger partial charge on any atom is -0.465 e. The van der Waals surface area contributed by atoms with Gasteiger partial charge in [-0.05, 0) is 13.3 Å². The minimum atomic E-state index is -2.94. The van der Waals surface area contributed by atoms with Crippen LogP contribution in [0.25, 0.3) is 0 Å². The van der Waals surface area contributed by atoms with Gasteiger partial charge in [-0.3, -0.25) is 4.79 Å². The monoisotopic (exact) mass is 254 g/mol. The van der Waals surface area contributed by atoms with Gasteiger partial charge in [-0.25, -0.2) is 8.42 Å². The summed E-state index contributed by atoms with van der Waals surface area (Å²) in [6.45, 7) is 4.00. The Morgan fingerprint density at radius 3 is 2.40 bits per heavy atom. The SMILES string of the molecule is CCOC(=O)C(CC)SCCS(C)(=O)=O. The Kier molecular flexibility index (Phi) is 7.00. The summed E-state index contributed by atoms with van der Waals surface area (Å²) in [7, 11) is -2.94. The first-order valence-corrected chi connectivity index (χ1v) is 7.97. The second-order valence-corrected chi connectivity index (χ2v) is 6.72. The topological polar surface area (TPSA) is 60.4 Å². The Morgan fingerprint density at radius 1 is 1.40 bits per heavy atom. The molecule has 0 radical (unpaired) electrons. The highest BCUT2D eigenvalue weighted by molar-refractivity contribution is 8.01. The fourth-order valence-electron chi connectivity index (χ4n) is 0.930.